The van der Waals surface area contributed by atoms with Crippen LogP contribution in [0.5, 0.6) is 0 Å². The number of rotatable bonds is 5. The third kappa shape index (κ3) is 4.16. The van der Waals surface area contributed by atoms with Gasteiger partial charge in [-0.2, -0.15) is 0 Å². The van der Waals surface area contributed by atoms with Gasteiger partial charge >= 0.3 is 0 Å². The maximum atomic E-state index is 12.9. The Balaban J connectivity index is 1.74. The summed E-state index contributed by atoms with van der Waals surface area (Å²) in [6.07, 6.45) is 0. The van der Waals surface area contributed by atoms with Crippen molar-refractivity contribution in [3.05, 3.63) is 84.2 Å². The Morgan fingerprint density at radius 1 is 0.800 bits per heavy atom. The highest BCUT2D eigenvalue weighted by atomic mass is 32.2. The molecule has 4 nitrogen and oxygen atoms in total. The monoisotopic (exact) mass is 356 g/mol. The molecule has 0 spiro atoms. The zero-order chi connectivity index (χ0) is 17.9. The van der Waals surface area contributed by atoms with E-state index in [9.17, 15) is 12.8 Å². The number of sulfonamides is 1. The Kier molecular flexibility index (Phi) is 4.72. The summed E-state index contributed by atoms with van der Waals surface area (Å²) in [5.74, 6) is -0.481. The van der Waals surface area contributed by atoms with E-state index in [-0.39, 0.29) is 4.90 Å². The molecular weight excluding hydrogens is 339 g/mol. The van der Waals surface area contributed by atoms with Crippen LogP contribution in [-0.4, -0.2) is 8.42 Å². The normalized spacial score (nSPS) is 11.1. The molecule has 0 aromatic heterocycles. The minimum Gasteiger partial charge on any atom is -0.355 e. The number of benzene rings is 3. The van der Waals surface area contributed by atoms with Crippen LogP contribution in [0.3, 0.4) is 0 Å². The highest BCUT2D eigenvalue weighted by molar-refractivity contribution is 7.92. The molecule has 0 fully saturated rings. The van der Waals surface area contributed by atoms with Crippen LogP contribution < -0.4 is 10.0 Å². The third-order valence-corrected chi connectivity index (χ3v) is 5.08. The summed E-state index contributed by atoms with van der Waals surface area (Å²) in [6.45, 7) is 2.01. The van der Waals surface area contributed by atoms with Crippen molar-refractivity contribution < 1.29 is 12.8 Å². The molecule has 0 heterocycles. The molecule has 0 saturated carbocycles. The third-order valence-electron chi connectivity index (χ3n) is 3.69. The van der Waals surface area contributed by atoms with Crippen molar-refractivity contribution in [1.82, 2.24) is 0 Å². The van der Waals surface area contributed by atoms with Gasteiger partial charge in [0.1, 0.15) is 5.82 Å². The van der Waals surface area contributed by atoms with Gasteiger partial charge in [0, 0.05) is 17.1 Å². The summed E-state index contributed by atoms with van der Waals surface area (Å²) in [6, 6.07) is 19.5. The predicted octanol–water partition coefficient (Wildman–Crippen LogP) is 4.68. The smallest absolute Gasteiger partial charge is 0.261 e. The first-order chi connectivity index (χ1) is 11.9. The van der Waals surface area contributed by atoms with Crippen LogP contribution in [0.15, 0.2) is 77.7 Å². The summed E-state index contributed by atoms with van der Waals surface area (Å²) in [7, 11) is -3.75. The molecule has 0 aliphatic heterocycles. The van der Waals surface area contributed by atoms with Gasteiger partial charge in [-0.15, -0.1) is 0 Å². The molecule has 0 saturated heterocycles. The maximum Gasteiger partial charge on any atom is 0.261 e. The van der Waals surface area contributed by atoms with Crippen LogP contribution in [0.1, 0.15) is 5.56 Å². The highest BCUT2D eigenvalue weighted by Crippen LogP contribution is 2.23. The van der Waals surface area contributed by atoms with E-state index >= 15 is 0 Å². The van der Waals surface area contributed by atoms with Crippen LogP contribution in [0, 0.1) is 12.7 Å². The maximum absolute atomic E-state index is 12.9. The zero-order valence-electron chi connectivity index (χ0n) is 13.5. The lowest BCUT2D eigenvalue weighted by molar-refractivity contribution is 0.599. The number of halogens is 1. The number of anilines is 3. The molecule has 0 aliphatic rings. The van der Waals surface area contributed by atoms with E-state index in [1.165, 1.54) is 12.1 Å². The average Bonchev–Trinajstić information content (AvgIpc) is 2.59. The molecule has 128 valence electrons. The van der Waals surface area contributed by atoms with Crippen LogP contribution in [0.2, 0.25) is 0 Å². The number of para-hydroxylation sites is 1. The van der Waals surface area contributed by atoms with Crippen LogP contribution in [-0.2, 0) is 10.0 Å². The van der Waals surface area contributed by atoms with Crippen molar-refractivity contribution in [2.24, 2.45) is 0 Å². The Labute approximate surface area is 146 Å². The first-order valence-corrected chi connectivity index (χ1v) is 9.13. The lowest BCUT2D eigenvalue weighted by Gasteiger charge is -2.11. The Morgan fingerprint density at radius 3 is 2.04 bits per heavy atom. The number of nitrogens with one attached hydrogen (secondary N) is 2. The van der Waals surface area contributed by atoms with Gasteiger partial charge < -0.3 is 5.32 Å². The molecule has 25 heavy (non-hydrogen) atoms. The summed E-state index contributed by atoms with van der Waals surface area (Å²) < 4.78 is 40.0. The highest BCUT2D eigenvalue weighted by Gasteiger charge is 2.14. The van der Waals surface area contributed by atoms with E-state index in [2.05, 4.69) is 10.0 Å². The second-order valence-corrected chi connectivity index (χ2v) is 7.26. The fourth-order valence-electron chi connectivity index (χ4n) is 2.32. The molecule has 2 N–H and O–H groups in total. The standard InChI is InChI=1S/C19H17FN2O2S/c1-14-4-2-3-5-19(14)21-16-8-10-17(11-9-16)22-25(23,24)18-12-6-15(20)7-13-18/h2-13,21-22H,1H3. The molecule has 0 unspecified atom stereocenters. The SMILES string of the molecule is Cc1ccccc1Nc1ccc(NS(=O)(=O)c2ccc(F)cc2)cc1. The molecule has 0 amide bonds. The van der Waals surface area contributed by atoms with Crippen LogP contribution >= 0.6 is 0 Å². The van der Waals surface area contributed by atoms with E-state index < -0.39 is 15.8 Å². The number of hydrogen-bond donors (Lipinski definition) is 2. The van der Waals surface area contributed by atoms with Gasteiger partial charge in [0.05, 0.1) is 4.90 Å². The zero-order valence-corrected chi connectivity index (χ0v) is 14.3. The first kappa shape index (κ1) is 17.0. The minimum absolute atomic E-state index is 0.0102. The van der Waals surface area contributed by atoms with Crippen LogP contribution in [0.4, 0.5) is 21.5 Å². The van der Waals surface area contributed by atoms with Crippen molar-refractivity contribution in [1.29, 1.82) is 0 Å². The number of aryl methyl sites for hydroxylation is 1. The second-order valence-electron chi connectivity index (χ2n) is 5.58. The second kappa shape index (κ2) is 6.94. The fraction of sp³-hybridized carbons (Fsp3) is 0.0526. The van der Waals surface area contributed by atoms with Gasteiger partial charge in [0.25, 0.3) is 10.0 Å². The van der Waals surface area contributed by atoms with E-state index in [1.807, 2.05) is 31.2 Å². The van der Waals surface area contributed by atoms with Crippen molar-refractivity contribution in [2.45, 2.75) is 11.8 Å². The van der Waals surface area contributed by atoms with E-state index in [4.69, 9.17) is 0 Å². The van der Waals surface area contributed by atoms with Gasteiger partial charge in [-0.05, 0) is 67.1 Å². The summed E-state index contributed by atoms with van der Waals surface area (Å²) >= 11 is 0. The molecule has 3 aromatic rings. The van der Waals surface area contributed by atoms with Crippen molar-refractivity contribution >= 4 is 27.1 Å². The van der Waals surface area contributed by atoms with Gasteiger partial charge in [0.15, 0.2) is 0 Å². The molecule has 6 heteroatoms. The van der Waals surface area contributed by atoms with E-state index in [0.717, 1.165) is 29.1 Å². The molecule has 0 aliphatic carbocycles. The summed E-state index contributed by atoms with van der Waals surface area (Å²) in [4.78, 5) is 0.0102. The van der Waals surface area contributed by atoms with Crippen molar-refractivity contribution in [3.63, 3.8) is 0 Å². The topological polar surface area (TPSA) is 58.2 Å². The molecule has 3 aromatic carbocycles. The van der Waals surface area contributed by atoms with Gasteiger partial charge in [-0.3, -0.25) is 4.72 Å². The lowest BCUT2D eigenvalue weighted by atomic mass is 10.2. The average molecular weight is 356 g/mol. The Bertz CT molecular complexity index is 969. The van der Waals surface area contributed by atoms with Gasteiger partial charge in [0.2, 0.25) is 0 Å². The minimum atomic E-state index is -3.75. The van der Waals surface area contributed by atoms with Crippen molar-refractivity contribution in [3.8, 4) is 0 Å². The van der Waals surface area contributed by atoms with E-state index in [0.29, 0.717) is 5.69 Å². The lowest BCUT2D eigenvalue weighted by Crippen LogP contribution is -2.12. The Hall–Kier alpha value is -2.86. The van der Waals surface area contributed by atoms with Gasteiger partial charge in [-0.1, -0.05) is 18.2 Å². The summed E-state index contributed by atoms with van der Waals surface area (Å²) in [5, 5.41) is 3.28. The first-order valence-electron chi connectivity index (χ1n) is 7.65. The molecule has 3 rings (SSSR count). The van der Waals surface area contributed by atoms with Gasteiger partial charge in [-0.25, -0.2) is 12.8 Å². The van der Waals surface area contributed by atoms with E-state index in [1.54, 1.807) is 24.3 Å². The Morgan fingerprint density at radius 2 is 1.40 bits per heavy atom. The molecular formula is C19H17FN2O2S. The van der Waals surface area contributed by atoms with Crippen LogP contribution in [0.25, 0.3) is 0 Å². The number of hydrogen-bond acceptors (Lipinski definition) is 3. The quantitative estimate of drug-likeness (QED) is 0.698. The molecule has 0 bridgehead atoms. The molecule has 0 radical (unpaired) electrons. The largest absolute Gasteiger partial charge is 0.355 e. The van der Waals surface area contributed by atoms with Crippen molar-refractivity contribution in [2.75, 3.05) is 10.0 Å². The molecule has 0 atom stereocenters. The predicted molar refractivity (Wildman–Crippen MR) is 98.1 cm³/mol. The summed E-state index contributed by atoms with van der Waals surface area (Å²) in [5.41, 5.74) is 3.38. The fourth-order valence-corrected chi connectivity index (χ4v) is 3.38.